The van der Waals surface area contributed by atoms with E-state index < -0.39 is 0 Å². The second-order valence-electron chi connectivity index (χ2n) is 4.98. The fourth-order valence-electron chi connectivity index (χ4n) is 1.62. The number of unbranched alkanes of at least 4 members (excludes halogenated alkanes) is 1. The van der Waals surface area contributed by atoms with Crippen molar-refractivity contribution < 1.29 is 4.79 Å². The summed E-state index contributed by atoms with van der Waals surface area (Å²) < 4.78 is 0. The molecule has 0 unspecified atom stereocenters. The first-order valence-electron chi connectivity index (χ1n) is 6.43. The van der Waals surface area contributed by atoms with E-state index in [1.54, 1.807) is 6.92 Å². The van der Waals surface area contributed by atoms with Crippen molar-refractivity contribution in [3.8, 4) is 0 Å². The first-order chi connectivity index (χ1) is 7.47. The van der Waals surface area contributed by atoms with Crippen LogP contribution in [0.1, 0.15) is 66.7 Å². The number of carbonyl (C=O) groups excluding carboxylic acids is 1. The molecule has 2 nitrogen and oxygen atoms in total. The first kappa shape index (κ1) is 15.2. The van der Waals surface area contributed by atoms with Crippen molar-refractivity contribution in [1.82, 2.24) is 5.32 Å². The van der Waals surface area contributed by atoms with Crippen LogP contribution in [0.2, 0.25) is 0 Å². The highest BCUT2D eigenvalue weighted by Gasteiger charge is 2.06. The Kier molecular flexibility index (Phi) is 7.96. The average Bonchev–Trinajstić information content (AvgIpc) is 2.19. The van der Waals surface area contributed by atoms with Crippen LogP contribution in [0.25, 0.3) is 0 Å². The summed E-state index contributed by atoms with van der Waals surface area (Å²) in [6.07, 6.45) is 5.64. The first-order valence-corrected chi connectivity index (χ1v) is 6.43. The molecule has 0 aliphatic rings. The molecule has 0 saturated carbocycles. The van der Waals surface area contributed by atoms with Crippen molar-refractivity contribution in [3.63, 3.8) is 0 Å². The van der Waals surface area contributed by atoms with Crippen LogP contribution in [-0.2, 0) is 4.79 Å². The predicted molar refractivity (Wildman–Crippen MR) is 70.1 cm³/mol. The molecule has 1 N–H and O–H groups in total. The van der Waals surface area contributed by atoms with Crippen molar-refractivity contribution in [3.05, 3.63) is 11.3 Å². The minimum Gasteiger partial charge on any atom is -0.330 e. The largest absolute Gasteiger partial charge is 0.330 e. The molecule has 0 saturated heterocycles. The highest BCUT2D eigenvalue weighted by atomic mass is 16.1. The van der Waals surface area contributed by atoms with Crippen LogP contribution >= 0.6 is 0 Å². The second kappa shape index (κ2) is 8.37. The Morgan fingerprint density at radius 1 is 1.19 bits per heavy atom. The van der Waals surface area contributed by atoms with Crippen LogP contribution in [0.3, 0.4) is 0 Å². The Morgan fingerprint density at radius 3 is 2.25 bits per heavy atom. The molecule has 0 aromatic carbocycles. The fourth-order valence-corrected chi connectivity index (χ4v) is 1.62. The molecule has 1 amide bonds. The molecule has 0 aromatic heterocycles. The van der Waals surface area contributed by atoms with Crippen LogP contribution in [0.15, 0.2) is 11.3 Å². The third kappa shape index (κ3) is 7.49. The van der Waals surface area contributed by atoms with Crippen molar-refractivity contribution in [1.29, 1.82) is 0 Å². The lowest BCUT2D eigenvalue weighted by molar-refractivity contribution is -0.118. The quantitative estimate of drug-likeness (QED) is 0.696. The van der Waals surface area contributed by atoms with E-state index in [1.807, 2.05) is 0 Å². The lowest BCUT2D eigenvalue weighted by Crippen LogP contribution is -2.21. The third-order valence-corrected chi connectivity index (χ3v) is 2.72. The van der Waals surface area contributed by atoms with E-state index in [-0.39, 0.29) is 5.91 Å². The van der Waals surface area contributed by atoms with Crippen molar-refractivity contribution >= 4 is 5.91 Å². The Labute approximate surface area is 101 Å². The monoisotopic (exact) mass is 225 g/mol. The third-order valence-electron chi connectivity index (χ3n) is 2.72. The molecule has 0 rings (SSSR count). The van der Waals surface area contributed by atoms with E-state index in [9.17, 15) is 4.79 Å². The van der Waals surface area contributed by atoms with Gasteiger partial charge in [-0.3, -0.25) is 4.79 Å². The number of hydrogen-bond acceptors (Lipinski definition) is 1. The van der Waals surface area contributed by atoms with Gasteiger partial charge in [0.2, 0.25) is 5.91 Å². The van der Waals surface area contributed by atoms with Crippen LogP contribution in [-0.4, -0.2) is 5.91 Å². The summed E-state index contributed by atoms with van der Waals surface area (Å²) in [7, 11) is 0. The smallest absolute Gasteiger partial charge is 0.220 e. The van der Waals surface area contributed by atoms with E-state index in [4.69, 9.17) is 0 Å². The van der Waals surface area contributed by atoms with Crippen LogP contribution < -0.4 is 5.32 Å². The van der Waals surface area contributed by atoms with Gasteiger partial charge in [-0.1, -0.05) is 32.8 Å². The SMILES string of the molecule is CCCCC(C)=C(CCC(C)C)NC(C)=O. The molecule has 0 fully saturated rings. The van der Waals surface area contributed by atoms with E-state index >= 15 is 0 Å². The molecular weight excluding hydrogens is 198 g/mol. The van der Waals surface area contributed by atoms with Gasteiger partial charge in [-0.15, -0.1) is 0 Å². The van der Waals surface area contributed by atoms with E-state index in [0.29, 0.717) is 5.92 Å². The van der Waals surface area contributed by atoms with Gasteiger partial charge in [0.05, 0.1) is 0 Å². The maximum Gasteiger partial charge on any atom is 0.220 e. The Morgan fingerprint density at radius 2 is 1.81 bits per heavy atom. The zero-order valence-corrected chi connectivity index (χ0v) is 11.5. The van der Waals surface area contributed by atoms with E-state index in [1.165, 1.54) is 18.4 Å². The summed E-state index contributed by atoms with van der Waals surface area (Å²) >= 11 is 0. The number of hydrogen-bond donors (Lipinski definition) is 1. The molecule has 94 valence electrons. The molecule has 0 heterocycles. The standard InChI is InChI=1S/C14H27NO/c1-6-7-8-12(4)14(15-13(5)16)10-9-11(2)3/h11H,6-10H2,1-5H3,(H,15,16). The lowest BCUT2D eigenvalue weighted by Gasteiger charge is -2.14. The van der Waals surface area contributed by atoms with Crippen molar-refractivity contribution in [2.45, 2.75) is 66.7 Å². The number of carbonyl (C=O) groups is 1. The maximum absolute atomic E-state index is 11.1. The highest BCUT2D eigenvalue weighted by molar-refractivity contribution is 5.75. The van der Waals surface area contributed by atoms with Gasteiger partial charge >= 0.3 is 0 Å². The average molecular weight is 225 g/mol. The fraction of sp³-hybridized carbons (Fsp3) is 0.786. The molecule has 0 spiro atoms. The Hall–Kier alpha value is -0.790. The normalized spacial score (nSPS) is 12.6. The molecule has 0 radical (unpaired) electrons. The number of rotatable bonds is 7. The van der Waals surface area contributed by atoms with Gasteiger partial charge in [-0.2, -0.15) is 0 Å². The summed E-state index contributed by atoms with van der Waals surface area (Å²) in [4.78, 5) is 11.1. The second-order valence-corrected chi connectivity index (χ2v) is 4.98. The number of nitrogens with one attached hydrogen (secondary N) is 1. The van der Waals surface area contributed by atoms with Gasteiger partial charge in [0.1, 0.15) is 0 Å². The van der Waals surface area contributed by atoms with Gasteiger partial charge in [0, 0.05) is 12.6 Å². The zero-order chi connectivity index (χ0) is 12.6. The maximum atomic E-state index is 11.1. The topological polar surface area (TPSA) is 29.1 Å². The van der Waals surface area contributed by atoms with Crippen LogP contribution in [0.5, 0.6) is 0 Å². The molecule has 0 aliphatic carbocycles. The molecular formula is C14H27NO. The molecule has 0 aromatic rings. The van der Waals surface area contributed by atoms with Crippen LogP contribution in [0.4, 0.5) is 0 Å². The minimum absolute atomic E-state index is 0.0506. The molecule has 0 bridgehead atoms. The molecule has 2 heteroatoms. The molecule has 0 aliphatic heterocycles. The van der Waals surface area contributed by atoms with Crippen LogP contribution in [0, 0.1) is 5.92 Å². The van der Waals surface area contributed by atoms with E-state index in [2.05, 4.69) is 33.0 Å². The highest BCUT2D eigenvalue weighted by Crippen LogP contribution is 2.17. The predicted octanol–water partition coefficient (Wildman–Crippen LogP) is 4.02. The Balaban J connectivity index is 4.43. The summed E-state index contributed by atoms with van der Waals surface area (Å²) in [5.41, 5.74) is 2.49. The molecule has 0 atom stereocenters. The molecule has 16 heavy (non-hydrogen) atoms. The lowest BCUT2D eigenvalue weighted by atomic mass is 10.0. The summed E-state index contributed by atoms with van der Waals surface area (Å²) in [6.45, 7) is 10.3. The van der Waals surface area contributed by atoms with Gasteiger partial charge in [-0.25, -0.2) is 0 Å². The van der Waals surface area contributed by atoms with Crippen molar-refractivity contribution in [2.24, 2.45) is 5.92 Å². The number of allylic oxidation sites excluding steroid dienone is 2. The van der Waals surface area contributed by atoms with E-state index in [0.717, 1.165) is 25.0 Å². The Bertz CT molecular complexity index is 241. The van der Waals surface area contributed by atoms with Gasteiger partial charge in [-0.05, 0) is 38.5 Å². The minimum atomic E-state index is 0.0506. The van der Waals surface area contributed by atoms with Gasteiger partial charge < -0.3 is 5.32 Å². The summed E-state index contributed by atoms with van der Waals surface area (Å²) in [5.74, 6) is 0.734. The zero-order valence-electron chi connectivity index (χ0n) is 11.5. The van der Waals surface area contributed by atoms with Gasteiger partial charge in [0.25, 0.3) is 0 Å². The number of amides is 1. The summed E-state index contributed by atoms with van der Waals surface area (Å²) in [5, 5.41) is 2.98. The van der Waals surface area contributed by atoms with Gasteiger partial charge in [0.15, 0.2) is 0 Å². The summed E-state index contributed by atoms with van der Waals surface area (Å²) in [6, 6.07) is 0. The van der Waals surface area contributed by atoms with Crippen molar-refractivity contribution in [2.75, 3.05) is 0 Å².